The van der Waals surface area contributed by atoms with E-state index >= 15 is 0 Å². The number of halogens is 1. The summed E-state index contributed by atoms with van der Waals surface area (Å²) in [7, 11) is 0. The summed E-state index contributed by atoms with van der Waals surface area (Å²) in [4.78, 5) is 64.9. The van der Waals surface area contributed by atoms with Crippen LogP contribution in [0.1, 0.15) is 101 Å². The molecule has 4 amide bonds. The number of carbonyl (C=O) groups excluding carboxylic acids is 4. The minimum absolute atomic E-state index is 0.0203. The fraction of sp³-hybridized carbons (Fsp3) is 0.500. The summed E-state index contributed by atoms with van der Waals surface area (Å²) >= 11 is 7.75. The first-order chi connectivity index (χ1) is 31.7. The van der Waals surface area contributed by atoms with Gasteiger partial charge in [-0.05, 0) is 79.6 Å². The first kappa shape index (κ1) is 50.8. The first-order valence-electron chi connectivity index (χ1n) is 22.7. The molecular weight excluding hydrogens is 892 g/mol. The summed E-state index contributed by atoms with van der Waals surface area (Å²) in [5.74, 6) is -0.863. The maximum absolute atomic E-state index is 14.0. The molecule has 1 saturated carbocycles. The molecule has 358 valence electrons. The fourth-order valence-electron chi connectivity index (χ4n) is 9.29. The molecule has 1 unspecified atom stereocenters. The number of unbranched alkanes of at least 4 members (excludes halogenated alkanes) is 2. The molecule has 3 heterocycles. The Morgan fingerprint density at radius 3 is 2.37 bits per heavy atom. The highest BCUT2D eigenvalue weighted by Gasteiger charge is 2.64. The molecule has 0 radical (unpaired) electrons. The van der Waals surface area contributed by atoms with Crippen molar-refractivity contribution in [1.29, 1.82) is 5.26 Å². The number of anilines is 1. The van der Waals surface area contributed by atoms with Gasteiger partial charge in [0.2, 0.25) is 17.7 Å². The number of hydrogen-bond donors (Lipinski definition) is 5. The molecule has 2 aliphatic rings. The Kier molecular flexibility index (Phi) is 16.4. The van der Waals surface area contributed by atoms with Crippen molar-refractivity contribution in [2.45, 2.75) is 118 Å². The van der Waals surface area contributed by atoms with Crippen molar-refractivity contribution in [3.05, 3.63) is 93.7 Å². The molecule has 2 fully saturated rings. The molecule has 67 heavy (non-hydrogen) atoms. The topological polar surface area (TPSA) is 208 Å². The number of likely N-dealkylation sites (tertiary alicyclic amines) is 1. The van der Waals surface area contributed by atoms with Crippen LogP contribution in [0.4, 0.5) is 5.69 Å². The zero-order valence-electron chi connectivity index (χ0n) is 39.6. The van der Waals surface area contributed by atoms with E-state index in [9.17, 15) is 29.5 Å². The van der Waals surface area contributed by atoms with Gasteiger partial charge in [-0.3, -0.25) is 24.2 Å². The van der Waals surface area contributed by atoms with Gasteiger partial charge >= 0.3 is 0 Å². The van der Waals surface area contributed by atoms with Gasteiger partial charge in [0.25, 0.3) is 5.91 Å². The Balaban J connectivity index is 0.878. The predicted octanol–water partition coefficient (Wildman–Crippen LogP) is 7.06. The lowest BCUT2D eigenvalue weighted by molar-refractivity contribution is -0.164. The van der Waals surface area contributed by atoms with Gasteiger partial charge in [0.1, 0.15) is 36.6 Å². The number of nitrogens with zero attached hydrogens (tertiary/aromatic N) is 4. The van der Waals surface area contributed by atoms with Crippen molar-refractivity contribution in [2.75, 3.05) is 31.6 Å². The van der Waals surface area contributed by atoms with Crippen LogP contribution in [-0.4, -0.2) is 100 Å². The van der Waals surface area contributed by atoms with Crippen LogP contribution >= 0.6 is 22.9 Å². The second-order valence-corrected chi connectivity index (χ2v) is 21.0. The Morgan fingerprint density at radius 1 is 1.01 bits per heavy atom. The van der Waals surface area contributed by atoms with E-state index in [2.05, 4.69) is 65.0 Å². The minimum Gasteiger partial charge on any atom is -0.489 e. The second kappa shape index (κ2) is 21.6. The van der Waals surface area contributed by atoms with E-state index in [1.807, 2.05) is 52.0 Å². The molecule has 3 atom stereocenters. The van der Waals surface area contributed by atoms with Crippen LogP contribution in [-0.2, 0) is 25.7 Å². The maximum atomic E-state index is 14.0. The van der Waals surface area contributed by atoms with Crippen molar-refractivity contribution in [1.82, 2.24) is 30.8 Å². The van der Waals surface area contributed by atoms with E-state index in [-0.39, 0.29) is 55.0 Å². The van der Waals surface area contributed by atoms with Crippen molar-refractivity contribution in [2.24, 2.45) is 16.2 Å². The molecule has 4 aromatic rings. The van der Waals surface area contributed by atoms with Crippen LogP contribution in [0.2, 0.25) is 5.02 Å². The summed E-state index contributed by atoms with van der Waals surface area (Å²) in [6, 6.07) is 16.2. The second-order valence-electron chi connectivity index (χ2n) is 19.7. The molecule has 0 spiro atoms. The third-order valence-corrected chi connectivity index (χ3v) is 13.9. The highest BCUT2D eigenvalue weighted by Crippen LogP contribution is 2.55. The maximum Gasteiger partial charge on any atom is 0.251 e. The highest BCUT2D eigenvalue weighted by molar-refractivity contribution is 7.13. The van der Waals surface area contributed by atoms with Crippen LogP contribution in [0, 0.1) is 34.5 Å². The SMILES string of the molecule is Cc1ncsc1-c1ccc(CNC(=O)[C@@H]2C[C@@H](O)CN2C(=O)C(NC(=O)COCCCCCNc2ccc(C(=O)N[C@H]3C(C)(C)[C@H](Oc4ccc(C#N)c(Cl)c4)C3(C)C)cc2)C(C)(C)C)cn1. The highest BCUT2D eigenvalue weighted by atomic mass is 35.5. The summed E-state index contributed by atoms with van der Waals surface area (Å²) in [5, 5.41) is 32.4. The predicted molar refractivity (Wildman–Crippen MR) is 258 cm³/mol. The van der Waals surface area contributed by atoms with Gasteiger partial charge in [0, 0.05) is 73.0 Å². The Hall–Kier alpha value is -5.60. The Bertz CT molecular complexity index is 2410. The smallest absolute Gasteiger partial charge is 0.251 e. The molecule has 17 heteroatoms. The lowest BCUT2D eigenvalue weighted by atomic mass is 9.49. The standard InChI is InChI=1S/C50H63ClN8O7S/c1-30-41(67-29-56-30)38-19-12-31(25-54-38)26-55-44(63)39-22-35(60)27-59(39)45(64)42(48(2,3)4)57-40(61)28-65-21-11-9-10-20-53-34-16-13-32(14-17-34)43(62)58-46-49(5,6)47(50(46,7)8)66-36-18-15-33(24-52)37(51)23-36/h12-19,23,25,29,35,39,42,46-47,53,60H,9-11,20-22,26-28H2,1-8H3,(H,55,63)(H,57,61)(H,58,62)/t35-,39+,42?,46-,47-/m1/s1. The largest absolute Gasteiger partial charge is 0.489 e. The zero-order valence-corrected chi connectivity index (χ0v) is 41.1. The van der Waals surface area contributed by atoms with Gasteiger partial charge in [-0.15, -0.1) is 11.3 Å². The number of ether oxygens (including phenoxy) is 2. The first-order valence-corrected chi connectivity index (χ1v) is 24.0. The van der Waals surface area contributed by atoms with Gasteiger partial charge in [0.05, 0.1) is 38.5 Å². The number of benzene rings is 2. The summed E-state index contributed by atoms with van der Waals surface area (Å²) in [6.45, 7) is 16.7. The third-order valence-electron chi connectivity index (χ3n) is 12.7. The van der Waals surface area contributed by atoms with Gasteiger partial charge in [-0.25, -0.2) is 4.98 Å². The van der Waals surface area contributed by atoms with Crippen LogP contribution in [0.25, 0.3) is 10.6 Å². The van der Waals surface area contributed by atoms with Crippen molar-refractivity contribution in [3.63, 3.8) is 0 Å². The van der Waals surface area contributed by atoms with Gasteiger partial charge in [-0.1, -0.05) is 66.1 Å². The number of hydrogen-bond acceptors (Lipinski definition) is 12. The lowest BCUT2D eigenvalue weighted by Crippen LogP contribution is -2.74. The summed E-state index contributed by atoms with van der Waals surface area (Å²) in [6.07, 6.45) is 3.14. The van der Waals surface area contributed by atoms with Crippen molar-refractivity contribution < 1.29 is 33.8 Å². The molecule has 2 aromatic heterocycles. The molecule has 0 bridgehead atoms. The van der Waals surface area contributed by atoms with Crippen LogP contribution in [0.15, 0.2) is 66.3 Å². The van der Waals surface area contributed by atoms with Gasteiger partial charge in [0.15, 0.2) is 0 Å². The van der Waals surface area contributed by atoms with E-state index in [0.717, 1.165) is 46.8 Å². The van der Waals surface area contributed by atoms with Gasteiger partial charge < -0.3 is 40.7 Å². The Labute approximate surface area is 402 Å². The molecule has 15 nitrogen and oxygen atoms in total. The van der Waals surface area contributed by atoms with Crippen molar-refractivity contribution >= 4 is 52.3 Å². The number of nitrogens with one attached hydrogen (secondary N) is 4. The van der Waals surface area contributed by atoms with Crippen LogP contribution in [0.5, 0.6) is 5.75 Å². The van der Waals surface area contributed by atoms with E-state index in [4.69, 9.17) is 21.1 Å². The number of thiazole rings is 1. The molecule has 1 aliphatic heterocycles. The van der Waals surface area contributed by atoms with Crippen LogP contribution in [0.3, 0.4) is 0 Å². The number of amides is 4. The molecular formula is C50H63ClN8O7S. The minimum atomic E-state index is -0.955. The molecule has 1 aliphatic carbocycles. The van der Waals surface area contributed by atoms with E-state index < -0.39 is 41.3 Å². The van der Waals surface area contributed by atoms with E-state index in [0.29, 0.717) is 35.1 Å². The number of aryl methyl sites for hydroxylation is 1. The normalized spacial score (nSPS) is 19.9. The molecule has 1 saturated heterocycles. The monoisotopic (exact) mass is 954 g/mol. The number of aliphatic hydroxyl groups is 1. The molecule has 5 N–H and O–H groups in total. The van der Waals surface area contributed by atoms with Gasteiger partial charge in [-0.2, -0.15) is 5.26 Å². The number of nitriles is 1. The average Bonchev–Trinajstić information content (AvgIpc) is 3.91. The summed E-state index contributed by atoms with van der Waals surface area (Å²) in [5.41, 5.74) is 4.64. The van der Waals surface area contributed by atoms with E-state index in [1.54, 1.807) is 42.0 Å². The number of aromatic nitrogens is 2. The van der Waals surface area contributed by atoms with Crippen LogP contribution < -0.4 is 26.0 Å². The molecule has 6 rings (SSSR count). The van der Waals surface area contributed by atoms with E-state index in [1.165, 1.54) is 16.2 Å². The quantitative estimate of drug-likeness (QED) is 0.0602. The number of β-amino-alcohol motifs (C(OH)–C–C–N with tert-alkyl or cyclic N) is 1. The van der Waals surface area contributed by atoms with Crippen molar-refractivity contribution in [3.8, 4) is 22.4 Å². The lowest BCUT2D eigenvalue weighted by Gasteiger charge is -2.63. The number of carbonyl (C=O) groups is 4. The number of pyridine rings is 1. The average molecular weight is 956 g/mol. The third kappa shape index (κ3) is 12.3. The zero-order chi connectivity index (χ0) is 48.7. The number of rotatable bonds is 19. The Morgan fingerprint density at radius 2 is 1.75 bits per heavy atom. The fourth-order valence-corrected chi connectivity index (χ4v) is 10.3. The molecule has 2 aromatic carbocycles. The summed E-state index contributed by atoms with van der Waals surface area (Å²) < 4.78 is 12.0. The number of aliphatic hydroxyl groups excluding tert-OH is 1.